The number of nitrogens with zero attached hydrogens (tertiary/aromatic N) is 1. The number of halogens is 1. The van der Waals surface area contributed by atoms with Gasteiger partial charge in [0.25, 0.3) is 0 Å². The number of hydrogen-bond acceptors (Lipinski definition) is 4. The van der Waals surface area contributed by atoms with Crippen LogP contribution in [0.1, 0.15) is 13.8 Å². The summed E-state index contributed by atoms with van der Waals surface area (Å²) in [7, 11) is 0. The maximum Gasteiger partial charge on any atom is 0.226 e. The van der Waals surface area contributed by atoms with Crippen molar-refractivity contribution in [3.8, 4) is 11.3 Å². The van der Waals surface area contributed by atoms with Crippen LogP contribution >= 0.6 is 11.3 Å². The molecular formula is C19H18FN3OS. The summed E-state index contributed by atoms with van der Waals surface area (Å²) in [6.45, 7) is 3.70. The largest absolute Gasteiger partial charge is 0.332 e. The molecule has 3 rings (SSSR count). The molecule has 25 heavy (non-hydrogen) atoms. The summed E-state index contributed by atoms with van der Waals surface area (Å²) in [5.41, 5.74) is 3.09. The van der Waals surface area contributed by atoms with Gasteiger partial charge in [-0.1, -0.05) is 26.0 Å². The van der Waals surface area contributed by atoms with Crippen molar-refractivity contribution in [1.29, 1.82) is 0 Å². The second-order valence-electron chi connectivity index (χ2n) is 5.89. The lowest BCUT2D eigenvalue weighted by atomic mass is 10.2. The smallest absolute Gasteiger partial charge is 0.226 e. The first-order chi connectivity index (χ1) is 12.0. The van der Waals surface area contributed by atoms with Gasteiger partial charge in [-0.15, -0.1) is 11.3 Å². The molecule has 0 bridgehead atoms. The highest BCUT2D eigenvalue weighted by Crippen LogP contribution is 2.28. The number of carbonyl (C=O) groups excluding carboxylic acids is 1. The standard InChI is InChI=1S/C19H18FN3OS/c1-12(2)18(24)21-15-6-8-16(9-7-15)22-19-23-17(11-25-19)13-4-3-5-14(20)10-13/h3-12H,1-2H3,(H,21,24)(H,22,23). The second kappa shape index (κ2) is 7.44. The Labute approximate surface area is 149 Å². The van der Waals surface area contributed by atoms with Crippen molar-refractivity contribution in [2.24, 2.45) is 5.92 Å². The molecule has 0 aliphatic heterocycles. The maximum absolute atomic E-state index is 13.3. The number of aromatic nitrogens is 1. The van der Waals surface area contributed by atoms with E-state index in [1.165, 1.54) is 23.5 Å². The van der Waals surface area contributed by atoms with Crippen molar-refractivity contribution in [2.45, 2.75) is 13.8 Å². The fourth-order valence-corrected chi connectivity index (χ4v) is 2.90. The monoisotopic (exact) mass is 355 g/mol. The van der Waals surface area contributed by atoms with Crippen LogP contribution in [-0.4, -0.2) is 10.9 Å². The average Bonchev–Trinajstić information content (AvgIpc) is 3.05. The lowest BCUT2D eigenvalue weighted by Gasteiger charge is -2.08. The molecule has 0 aliphatic carbocycles. The van der Waals surface area contributed by atoms with E-state index >= 15 is 0 Å². The molecule has 1 aromatic heterocycles. The SMILES string of the molecule is CC(C)C(=O)Nc1ccc(Nc2nc(-c3cccc(F)c3)cs2)cc1. The summed E-state index contributed by atoms with van der Waals surface area (Å²) in [6.07, 6.45) is 0. The predicted octanol–water partition coefficient (Wildman–Crippen LogP) is 5.29. The Hall–Kier alpha value is -2.73. The van der Waals surface area contributed by atoms with Gasteiger partial charge in [0.15, 0.2) is 5.13 Å². The average molecular weight is 355 g/mol. The van der Waals surface area contributed by atoms with Crippen LogP contribution in [0.25, 0.3) is 11.3 Å². The molecule has 6 heteroatoms. The molecule has 4 nitrogen and oxygen atoms in total. The molecule has 2 N–H and O–H groups in total. The number of benzene rings is 2. The van der Waals surface area contributed by atoms with Crippen molar-refractivity contribution < 1.29 is 9.18 Å². The Kier molecular flexibility index (Phi) is 5.09. The third-order valence-corrected chi connectivity index (χ3v) is 4.31. The van der Waals surface area contributed by atoms with Gasteiger partial charge in [-0.05, 0) is 36.4 Å². The Bertz CT molecular complexity index is 874. The first kappa shape index (κ1) is 17.1. The van der Waals surface area contributed by atoms with Crippen LogP contribution in [0.2, 0.25) is 0 Å². The minimum absolute atomic E-state index is 0.0135. The zero-order valence-corrected chi connectivity index (χ0v) is 14.7. The summed E-state index contributed by atoms with van der Waals surface area (Å²) in [6, 6.07) is 13.8. The van der Waals surface area contributed by atoms with Gasteiger partial charge < -0.3 is 10.6 Å². The van der Waals surface area contributed by atoms with Crippen molar-refractivity contribution in [2.75, 3.05) is 10.6 Å². The van der Waals surface area contributed by atoms with E-state index in [1.54, 1.807) is 6.07 Å². The van der Waals surface area contributed by atoms with Crippen molar-refractivity contribution in [3.63, 3.8) is 0 Å². The first-order valence-corrected chi connectivity index (χ1v) is 8.78. The molecular weight excluding hydrogens is 337 g/mol. The van der Waals surface area contributed by atoms with Gasteiger partial charge in [0, 0.05) is 28.2 Å². The number of thiazole rings is 1. The number of rotatable bonds is 5. The fraction of sp³-hybridized carbons (Fsp3) is 0.158. The van der Waals surface area contributed by atoms with Gasteiger partial charge in [-0.3, -0.25) is 4.79 Å². The number of amides is 1. The molecule has 3 aromatic rings. The van der Waals surface area contributed by atoms with Gasteiger partial charge in [0.2, 0.25) is 5.91 Å². The number of anilines is 3. The van der Waals surface area contributed by atoms with E-state index in [4.69, 9.17) is 0 Å². The highest BCUT2D eigenvalue weighted by Gasteiger charge is 2.08. The zero-order chi connectivity index (χ0) is 17.8. The van der Waals surface area contributed by atoms with Crippen molar-refractivity contribution >= 4 is 33.8 Å². The lowest BCUT2D eigenvalue weighted by Crippen LogP contribution is -2.17. The Morgan fingerprint density at radius 3 is 2.52 bits per heavy atom. The maximum atomic E-state index is 13.3. The molecule has 0 saturated heterocycles. The summed E-state index contributed by atoms with van der Waals surface area (Å²) < 4.78 is 13.3. The van der Waals surface area contributed by atoms with Crippen molar-refractivity contribution in [1.82, 2.24) is 4.98 Å². The highest BCUT2D eigenvalue weighted by atomic mass is 32.1. The van der Waals surface area contributed by atoms with Gasteiger partial charge in [-0.25, -0.2) is 9.37 Å². The van der Waals surface area contributed by atoms with E-state index in [0.717, 1.165) is 27.8 Å². The van der Waals surface area contributed by atoms with Gasteiger partial charge in [-0.2, -0.15) is 0 Å². The van der Waals surface area contributed by atoms with E-state index in [-0.39, 0.29) is 17.6 Å². The fourth-order valence-electron chi connectivity index (χ4n) is 2.16. The number of nitrogens with one attached hydrogen (secondary N) is 2. The molecule has 0 saturated carbocycles. The first-order valence-electron chi connectivity index (χ1n) is 7.90. The molecule has 1 heterocycles. The molecule has 0 fully saturated rings. The second-order valence-corrected chi connectivity index (χ2v) is 6.75. The highest BCUT2D eigenvalue weighted by molar-refractivity contribution is 7.14. The normalized spacial score (nSPS) is 10.7. The topological polar surface area (TPSA) is 54.0 Å². The Morgan fingerprint density at radius 1 is 1.12 bits per heavy atom. The van der Waals surface area contributed by atoms with Crippen LogP contribution in [-0.2, 0) is 4.79 Å². The molecule has 0 aliphatic rings. The minimum Gasteiger partial charge on any atom is -0.332 e. The molecule has 2 aromatic carbocycles. The third-order valence-electron chi connectivity index (χ3n) is 3.55. The van der Waals surface area contributed by atoms with Crippen LogP contribution in [0, 0.1) is 11.7 Å². The van der Waals surface area contributed by atoms with Crippen LogP contribution < -0.4 is 10.6 Å². The van der Waals surface area contributed by atoms with Crippen LogP contribution in [0.3, 0.4) is 0 Å². The predicted molar refractivity (Wildman–Crippen MR) is 101 cm³/mol. The van der Waals surface area contributed by atoms with Crippen molar-refractivity contribution in [3.05, 3.63) is 59.7 Å². The van der Waals surface area contributed by atoms with E-state index in [1.807, 2.05) is 49.6 Å². The summed E-state index contributed by atoms with van der Waals surface area (Å²) in [5, 5.41) is 8.66. The Balaban J connectivity index is 1.68. The number of hydrogen-bond donors (Lipinski definition) is 2. The molecule has 0 radical (unpaired) electrons. The van der Waals surface area contributed by atoms with E-state index in [0.29, 0.717) is 0 Å². The summed E-state index contributed by atoms with van der Waals surface area (Å²) in [4.78, 5) is 16.2. The van der Waals surface area contributed by atoms with Crippen LogP contribution in [0.4, 0.5) is 20.9 Å². The summed E-state index contributed by atoms with van der Waals surface area (Å²) >= 11 is 1.45. The zero-order valence-electron chi connectivity index (χ0n) is 13.9. The van der Waals surface area contributed by atoms with E-state index in [9.17, 15) is 9.18 Å². The summed E-state index contributed by atoms with van der Waals surface area (Å²) in [5.74, 6) is -0.353. The quantitative estimate of drug-likeness (QED) is 0.654. The van der Waals surface area contributed by atoms with Gasteiger partial charge in [0.1, 0.15) is 5.82 Å². The van der Waals surface area contributed by atoms with E-state index < -0.39 is 0 Å². The number of carbonyl (C=O) groups is 1. The van der Waals surface area contributed by atoms with Gasteiger partial charge in [0.05, 0.1) is 5.69 Å². The molecule has 1 amide bonds. The van der Waals surface area contributed by atoms with E-state index in [2.05, 4.69) is 15.6 Å². The van der Waals surface area contributed by atoms with Crippen LogP contribution in [0.5, 0.6) is 0 Å². The van der Waals surface area contributed by atoms with Crippen LogP contribution in [0.15, 0.2) is 53.9 Å². The molecule has 128 valence electrons. The minimum atomic E-state index is -0.279. The lowest BCUT2D eigenvalue weighted by molar-refractivity contribution is -0.118. The third kappa shape index (κ3) is 4.42. The van der Waals surface area contributed by atoms with Gasteiger partial charge >= 0.3 is 0 Å². The molecule has 0 unspecified atom stereocenters. The molecule has 0 atom stereocenters. The molecule has 0 spiro atoms. The Morgan fingerprint density at radius 2 is 1.84 bits per heavy atom.